The van der Waals surface area contributed by atoms with E-state index in [9.17, 15) is 4.79 Å². The van der Waals surface area contributed by atoms with Gasteiger partial charge in [-0.1, -0.05) is 45.1 Å². The Hall–Kier alpha value is -1.57. The number of hydrogen-bond donors (Lipinski definition) is 1. The molecule has 1 unspecified atom stereocenters. The normalized spacial score (nSPS) is 19.2. The molecule has 102 valence electrons. The van der Waals surface area contributed by atoms with Gasteiger partial charge in [-0.2, -0.15) is 0 Å². The van der Waals surface area contributed by atoms with Gasteiger partial charge in [-0.15, -0.1) is 0 Å². The third kappa shape index (κ3) is 3.69. The first-order chi connectivity index (χ1) is 8.97. The summed E-state index contributed by atoms with van der Waals surface area (Å²) >= 11 is 0. The maximum atomic E-state index is 12.1. The SMILES string of the molecule is CC(C)(C)c1ccc(C(=O)NC2C=CCCC2)cc1. The van der Waals surface area contributed by atoms with Crippen molar-refractivity contribution in [2.75, 3.05) is 0 Å². The van der Waals surface area contributed by atoms with Gasteiger partial charge in [0, 0.05) is 11.6 Å². The molecular formula is C17H23NO. The van der Waals surface area contributed by atoms with Gasteiger partial charge in [0.15, 0.2) is 0 Å². The first kappa shape index (κ1) is 13.9. The number of carbonyl (C=O) groups excluding carboxylic acids is 1. The number of carbonyl (C=O) groups is 1. The highest BCUT2D eigenvalue weighted by Crippen LogP contribution is 2.22. The highest BCUT2D eigenvalue weighted by Gasteiger charge is 2.16. The summed E-state index contributed by atoms with van der Waals surface area (Å²) in [5.74, 6) is 0.0250. The topological polar surface area (TPSA) is 29.1 Å². The van der Waals surface area contributed by atoms with Crippen LogP contribution in [0.5, 0.6) is 0 Å². The molecule has 0 saturated heterocycles. The summed E-state index contributed by atoms with van der Waals surface area (Å²) in [6.07, 6.45) is 7.58. The Labute approximate surface area is 115 Å². The van der Waals surface area contributed by atoms with Crippen LogP contribution in [-0.2, 0) is 5.41 Å². The maximum Gasteiger partial charge on any atom is 0.251 e. The Morgan fingerprint density at radius 2 is 1.89 bits per heavy atom. The zero-order chi connectivity index (χ0) is 13.9. The second-order valence-corrected chi connectivity index (χ2v) is 6.27. The average Bonchev–Trinajstić information content (AvgIpc) is 2.39. The minimum absolute atomic E-state index is 0.0250. The lowest BCUT2D eigenvalue weighted by Gasteiger charge is -2.20. The van der Waals surface area contributed by atoms with E-state index < -0.39 is 0 Å². The fourth-order valence-corrected chi connectivity index (χ4v) is 2.31. The van der Waals surface area contributed by atoms with Crippen LogP contribution in [0.4, 0.5) is 0 Å². The third-order valence-corrected chi connectivity index (χ3v) is 3.58. The van der Waals surface area contributed by atoms with Crippen molar-refractivity contribution in [1.82, 2.24) is 5.32 Å². The van der Waals surface area contributed by atoms with Gasteiger partial charge in [-0.05, 0) is 42.4 Å². The van der Waals surface area contributed by atoms with Gasteiger partial charge in [-0.3, -0.25) is 4.79 Å². The largest absolute Gasteiger partial charge is 0.346 e. The van der Waals surface area contributed by atoms with Gasteiger partial charge in [0.2, 0.25) is 0 Å². The van der Waals surface area contributed by atoms with Crippen LogP contribution in [0.3, 0.4) is 0 Å². The van der Waals surface area contributed by atoms with E-state index in [0.717, 1.165) is 24.8 Å². The molecule has 1 amide bonds. The van der Waals surface area contributed by atoms with Crippen LogP contribution in [0.2, 0.25) is 0 Å². The summed E-state index contributed by atoms with van der Waals surface area (Å²) in [5.41, 5.74) is 2.12. The summed E-state index contributed by atoms with van der Waals surface area (Å²) < 4.78 is 0. The smallest absolute Gasteiger partial charge is 0.251 e. The molecule has 0 aliphatic heterocycles. The van der Waals surface area contributed by atoms with Crippen molar-refractivity contribution < 1.29 is 4.79 Å². The molecule has 0 bridgehead atoms. The van der Waals surface area contributed by atoms with E-state index in [1.165, 1.54) is 5.56 Å². The molecule has 0 saturated carbocycles. The minimum atomic E-state index is 0.0250. The Kier molecular flexibility index (Phi) is 4.08. The van der Waals surface area contributed by atoms with Crippen LogP contribution in [0, 0.1) is 0 Å². The van der Waals surface area contributed by atoms with E-state index in [1.807, 2.05) is 24.3 Å². The third-order valence-electron chi connectivity index (χ3n) is 3.58. The Bertz CT molecular complexity index is 465. The molecule has 1 aliphatic carbocycles. The highest BCUT2D eigenvalue weighted by molar-refractivity contribution is 5.94. The van der Waals surface area contributed by atoms with E-state index in [1.54, 1.807) is 0 Å². The van der Waals surface area contributed by atoms with Crippen LogP contribution in [-0.4, -0.2) is 11.9 Å². The van der Waals surface area contributed by atoms with Gasteiger partial charge >= 0.3 is 0 Å². The van der Waals surface area contributed by atoms with Crippen molar-refractivity contribution in [2.24, 2.45) is 0 Å². The number of nitrogens with one attached hydrogen (secondary N) is 1. The zero-order valence-corrected chi connectivity index (χ0v) is 12.1. The van der Waals surface area contributed by atoms with Gasteiger partial charge in [0.05, 0.1) is 0 Å². The van der Waals surface area contributed by atoms with E-state index in [-0.39, 0.29) is 17.4 Å². The molecule has 1 aromatic rings. The monoisotopic (exact) mass is 257 g/mol. The van der Waals surface area contributed by atoms with Gasteiger partial charge < -0.3 is 5.32 Å². The van der Waals surface area contributed by atoms with Crippen molar-refractivity contribution in [3.05, 3.63) is 47.5 Å². The van der Waals surface area contributed by atoms with E-state index in [4.69, 9.17) is 0 Å². The van der Waals surface area contributed by atoms with Crippen LogP contribution in [0.1, 0.15) is 56.0 Å². The molecule has 1 aromatic carbocycles. The van der Waals surface area contributed by atoms with Crippen molar-refractivity contribution in [2.45, 2.75) is 51.5 Å². The zero-order valence-electron chi connectivity index (χ0n) is 12.1. The van der Waals surface area contributed by atoms with Gasteiger partial charge in [-0.25, -0.2) is 0 Å². The predicted molar refractivity (Wildman–Crippen MR) is 79.4 cm³/mol. The predicted octanol–water partition coefficient (Wildman–Crippen LogP) is 3.82. The van der Waals surface area contributed by atoms with Crippen molar-refractivity contribution in [1.29, 1.82) is 0 Å². The Morgan fingerprint density at radius 3 is 2.42 bits per heavy atom. The Balaban J connectivity index is 2.03. The number of rotatable bonds is 2. The first-order valence-corrected chi connectivity index (χ1v) is 7.05. The molecule has 1 N–H and O–H groups in total. The van der Waals surface area contributed by atoms with Crippen LogP contribution >= 0.6 is 0 Å². The fourth-order valence-electron chi connectivity index (χ4n) is 2.31. The summed E-state index contributed by atoms with van der Waals surface area (Å²) in [6, 6.07) is 8.13. The minimum Gasteiger partial charge on any atom is -0.346 e. The fraction of sp³-hybridized carbons (Fsp3) is 0.471. The molecule has 2 rings (SSSR count). The van der Waals surface area contributed by atoms with E-state index >= 15 is 0 Å². The average molecular weight is 257 g/mol. The van der Waals surface area contributed by atoms with E-state index in [0.29, 0.717) is 0 Å². The second kappa shape index (κ2) is 5.60. The van der Waals surface area contributed by atoms with Crippen molar-refractivity contribution in [3.63, 3.8) is 0 Å². The quantitative estimate of drug-likeness (QED) is 0.802. The van der Waals surface area contributed by atoms with Gasteiger partial charge in [0.1, 0.15) is 0 Å². The lowest BCUT2D eigenvalue weighted by atomic mass is 9.86. The van der Waals surface area contributed by atoms with Crippen molar-refractivity contribution >= 4 is 5.91 Å². The molecule has 19 heavy (non-hydrogen) atoms. The van der Waals surface area contributed by atoms with Crippen LogP contribution < -0.4 is 5.32 Å². The standard InChI is InChI=1S/C17H23NO/c1-17(2,3)14-11-9-13(10-12-14)16(19)18-15-7-5-4-6-8-15/h5,7,9-12,15H,4,6,8H2,1-3H3,(H,18,19). The summed E-state index contributed by atoms with van der Waals surface area (Å²) in [6.45, 7) is 6.53. The molecular weight excluding hydrogens is 234 g/mol. The maximum absolute atomic E-state index is 12.1. The first-order valence-electron chi connectivity index (χ1n) is 7.05. The molecule has 2 nitrogen and oxygen atoms in total. The molecule has 1 atom stereocenters. The summed E-state index contributed by atoms with van der Waals surface area (Å²) in [7, 11) is 0. The number of amides is 1. The Morgan fingerprint density at radius 1 is 1.21 bits per heavy atom. The highest BCUT2D eigenvalue weighted by atomic mass is 16.1. The lowest BCUT2D eigenvalue weighted by Crippen LogP contribution is -2.34. The van der Waals surface area contributed by atoms with Gasteiger partial charge in [0.25, 0.3) is 5.91 Å². The summed E-state index contributed by atoms with van der Waals surface area (Å²) in [5, 5.41) is 3.07. The molecule has 0 aromatic heterocycles. The van der Waals surface area contributed by atoms with Crippen molar-refractivity contribution in [3.8, 4) is 0 Å². The summed E-state index contributed by atoms with van der Waals surface area (Å²) in [4.78, 5) is 12.1. The molecule has 2 heteroatoms. The second-order valence-electron chi connectivity index (χ2n) is 6.27. The molecule has 0 radical (unpaired) electrons. The molecule has 1 aliphatic rings. The molecule has 0 heterocycles. The van der Waals surface area contributed by atoms with Crippen LogP contribution in [0.15, 0.2) is 36.4 Å². The molecule has 0 fully saturated rings. The molecule has 0 spiro atoms. The number of hydrogen-bond acceptors (Lipinski definition) is 1. The lowest BCUT2D eigenvalue weighted by molar-refractivity contribution is 0.0942. The van der Waals surface area contributed by atoms with Crippen LogP contribution in [0.25, 0.3) is 0 Å². The van der Waals surface area contributed by atoms with E-state index in [2.05, 4.69) is 38.2 Å². The number of allylic oxidation sites excluding steroid dienone is 1. The number of benzene rings is 1.